The fraction of sp³-hybridized carbons (Fsp3) is 0.474. The van der Waals surface area contributed by atoms with Crippen LogP contribution in [0.5, 0.6) is 0 Å². The lowest BCUT2D eigenvalue weighted by Gasteiger charge is -2.38. The standard InChI is InChI=1S/C19H24ClN3O2.2ClH/c1-13-8-9-23(14(10-13)11-21)19(24)7-6-18-22-12-17(25-18)15-4-2-3-5-16(15)20;;/h2-5,12-14H,6-11,21H2,1H3;2*1H. The molecule has 0 saturated carbocycles. The quantitative estimate of drug-likeness (QED) is 0.759. The largest absolute Gasteiger partial charge is 0.441 e. The molecule has 2 aromatic rings. The molecule has 2 unspecified atom stereocenters. The zero-order valence-corrected chi connectivity index (χ0v) is 17.7. The Morgan fingerprint density at radius 1 is 1.37 bits per heavy atom. The second-order valence-electron chi connectivity index (χ2n) is 6.70. The van der Waals surface area contributed by atoms with E-state index in [1.165, 1.54) is 0 Å². The monoisotopic (exact) mass is 433 g/mol. The minimum atomic E-state index is 0. The van der Waals surface area contributed by atoms with Crippen LogP contribution in [0.15, 0.2) is 34.9 Å². The number of benzene rings is 1. The lowest BCUT2D eigenvalue weighted by atomic mass is 9.92. The van der Waals surface area contributed by atoms with E-state index in [4.69, 9.17) is 21.8 Å². The topological polar surface area (TPSA) is 72.4 Å². The maximum atomic E-state index is 12.6. The summed E-state index contributed by atoms with van der Waals surface area (Å²) in [4.78, 5) is 18.8. The molecule has 1 saturated heterocycles. The predicted molar refractivity (Wildman–Crippen MR) is 113 cm³/mol. The molecule has 8 heteroatoms. The van der Waals surface area contributed by atoms with Gasteiger partial charge in [-0.3, -0.25) is 4.79 Å². The van der Waals surface area contributed by atoms with Crippen LogP contribution in [-0.2, 0) is 11.2 Å². The molecule has 1 fully saturated rings. The third-order valence-corrected chi connectivity index (χ3v) is 5.15. The van der Waals surface area contributed by atoms with Gasteiger partial charge in [0.2, 0.25) is 5.91 Å². The summed E-state index contributed by atoms with van der Waals surface area (Å²) >= 11 is 6.18. The van der Waals surface area contributed by atoms with Crippen molar-refractivity contribution >= 4 is 42.3 Å². The second-order valence-corrected chi connectivity index (χ2v) is 7.11. The predicted octanol–water partition coefficient (Wildman–Crippen LogP) is 4.36. The van der Waals surface area contributed by atoms with Gasteiger partial charge in [0.05, 0.1) is 11.2 Å². The molecule has 1 aromatic heterocycles. The van der Waals surface area contributed by atoms with Crippen LogP contribution in [0.2, 0.25) is 5.02 Å². The van der Waals surface area contributed by atoms with Gasteiger partial charge in [0.1, 0.15) is 0 Å². The highest BCUT2D eigenvalue weighted by atomic mass is 35.5. The summed E-state index contributed by atoms with van der Waals surface area (Å²) in [6, 6.07) is 7.62. The molecular weight excluding hydrogens is 409 g/mol. The summed E-state index contributed by atoms with van der Waals surface area (Å²) in [6.45, 7) is 3.53. The molecule has 0 bridgehead atoms. The number of hydrogen-bond acceptors (Lipinski definition) is 4. The smallest absolute Gasteiger partial charge is 0.223 e. The Bertz CT molecular complexity index is 738. The van der Waals surface area contributed by atoms with E-state index in [1.54, 1.807) is 6.20 Å². The van der Waals surface area contributed by atoms with E-state index in [-0.39, 0.29) is 36.8 Å². The molecule has 1 amide bonds. The lowest BCUT2D eigenvalue weighted by Crippen LogP contribution is -2.49. The summed E-state index contributed by atoms with van der Waals surface area (Å²) in [5.41, 5.74) is 6.65. The Balaban J connectivity index is 0.00000182. The number of aryl methyl sites for hydroxylation is 1. The van der Waals surface area contributed by atoms with Crippen molar-refractivity contribution in [2.24, 2.45) is 11.7 Å². The highest BCUT2D eigenvalue weighted by Crippen LogP contribution is 2.28. The van der Waals surface area contributed by atoms with Gasteiger partial charge in [-0.15, -0.1) is 24.8 Å². The molecule has 1 aromatic carbocycles. The number of piperidine rings is 1. The number of likely N-dealkylation sites (tertiary alicyclic amines) is 1. The van der Waals surface area contributed by atoms with Gasteiger partial charge in [0, 0.05) is 37.5 Å². The number of nitrogens with zero attached hydrogens (tertiary/aromatic N) is 2. The molecule has 0 aliphatic carbocycles. The molecule has 27 heavy (non-hydrogen) atoms. The van der Waals surface area contributed by atoms with Crippen LogP contribution in [0.4, 0.5) is 0 Å². The first-order valence-corrected chi connectivity index (χ1v) is 9.15. The first kappa shape index (κ1) is 23.8. The van der Waals surface area contributed by atoms with Gasteiger partial charge in [0.25, 0.3) is 0 Å². The van der Waals surface area contributed by atoms with Crippen molar-refractivity contribution in [2.75, 3.05) is 13.1 Å². The average molecular weight is 435 g/mol. The summed E-state index contributed by atoms with van der Waals surface area (Å²) in [7, 11) is 0. The first-order valence-electron chi connectivity index (χ1n) is 8.77. The molecule has 150 valence electrons. The van der Waals surface area contributed by atoms with E-state index >= 15 is 0 Å². The number of hydrogen-bond donors (Lipinski definition) is 1. The molecule has 2 N–H and O–H groups in total. The number of carbonyl (C=O) groups excluding carboxylic acids is 1. The fourth-order valence-electron chi connectivity index (χ4n) is 3.37. The van der Waals surface area contributed by atoms with Crippen molar-refractivity contribution in [1.82, 2.24) is 9.88 Å². The van der Waals surface area contributed by atoms with Crippen molar-refractivity contribution in [3.63, 3.8) is 0 Å². The first-order chi connectivity index (χ1) is 12.1. The maximum Gasteiger partial charge on any atom is 0.223 e. The van der Waals surface area contributed by atoms with Gasteiger partial charge < -0.3 is 15.1 Å². The van der Waals surface area contributed by atoms with Crippen LogP contribution in [0, 0.1) is 5.92 Å². The van der Waals surface area contributed by atoms with Gasteiger partial charge >= 0.3 is 0 Å². The van der Waals surface area contributed by atoms with E-state index in [2.05, 4.69) is 11.9 Å². The van der Waals surface area contributed by atoms with Crippen LogP contribution < -0.4 is 5.73 Å². The van der Waals surface area contributed by atoms with E-state index in [0.717, 1.165) is 24.9 Å². The SMILES string of the molecule is CC1CCN(C(=O)CCc2ncc(-c3ccccc3Cl)o2)C(CN)C1.Cl.Cl. The molecule has 3 rings (SSSR count). The Kier molecular flexibility index (Phi) is 9.60. The molecule has 5 nitrogen and oxygen atoms in total. The highest BCUT2D eigenvalue weighted by molar-refractivity contribution is 6.33. The minimum Gasteiger partial charge on any atom is -0.441 e. The third kappa shape index (κ3) is 5.85. The molecule has 1 aliphatic heterocycles. The Morgan fingerprint density at radius 3 is 2.81 bits per heavy atom. The number of aromatic nitrogens is 1. The fourth-order valence-corrected chi connectivity index (χ4v) is 3.60. The third-order valence-electron chi connectivity index (χ3n) is 4.82. The van der Waals surface area contributed by atoms with E-state index in [0.29, 0.717) is 42.0 Å². The van der Waals surface area contributed by atoms with Crippen LogP contribution in [0.1, 0.15) is 32.1 Å². The van der Waals surface area contributed by atoms with E-state index < -0.39 is 0 Å². The van der Waals surface area contributed by atoms with Crippen LogP contribution in [0.25, 0.3) is 11.3 Å². The van der Waals surface area contributed by atoms with Crippen LogP contribution >= 0.6 is 36.4 Å². The zero-order valence-electron chi connectivity index (χ0n) is 15.3. The maximum absolute atomic E-state index is 12.6. The van der Waals surface area contributed by atoms with Crippen molar-refractivity contribution < 1.29 is 9.21 Å². The molecule has 0 spiro atoms. The lowest BCUT2D eigenvalue weighted by molar-refractivity contribution is -0.135. The zero-order chi connectivity index (χ0) is 17.8. The summed E-state index contributed by atoms with van der Waals surface area (Å²) < 4.78 is 5.77. The van der Waals surface area contributed by atoms with E-state index in [1.807, 2.05) is 29.2 Å². The molecule has 2 atom stereocenters. The number of rotatable bonds is 5. The number of nitrogens with two attached hydrogens (primary N) is 1. The van der Waals surface area contributed by atoms with Gasteiger partial charge in [-0.2, -0.15) is 0 Å². The number of carbonyl (C=O) groups is 1. The van der Waals surface area contributed by atoms with Gasteiger partial charge in [-0.05, 0) is 30.9 Å². The number of oxazole rings is 1. The van der Waals surface area contributed by atoms with Crippen LogP contribution in [0.3, 0.4) is 0 Å². The average Bonchev–Trinajstić information content (AvgIpc) is 3.08. The number of halogens is 3. The molecular formula is C19H26Cl3N3O2. The molecule has 2 heterocycles. The Morgan fingerprint density at radius 2 is 2.11 bits per heavy atom. The van der Waals surface area contributed by atoms with Crippen molar-refractivity contribution in [3.8, 4) is 11.3 Å². The Labute approximate surface area is 177 Å². The van der Waals surface area contributed by atoms with Crippen molar-refractivity contribution in [3.05, 3.63) is 41.4 Å². The van der Waals surface area contributed by atoms with Crippen molar-refractivity contribution in [1.29, 1.82) is 0 Å². The summed E-state index contributed by atoms with van der Waals surface area (Å²) in [5.74, 6) is 1.93. The highest BCUT2D eigenvalue weighted by Gasteiger charge is 2.28. The van der Waals surface area contributed by atoms with E-state index in [9.17, 15) is 4.79 Å². The van der Waals surface area contributed by atoms with Gasteiger partial charge in [0.15, 0.2) is 11.7 Å². The normalized spacial score (nSPS) is 19.1. The van der Waals surface area contributed by atoms with Crippen LogP contribution in [-0.4, -0.2) is 34.9 Å². The molecule has 0 radical (unpaired) electrons. The minimum absolute atomic E-state index is 0. The summed E-state index contributed by atoms with van der Waals surface area (Å²) in [6.07, 6.45) is 4.54. The number of amides is 1. The van der Waals surface area contributed by atoms with Gasteiger partial charge in [-0.1, -0.05) is 30.7 Å². The van der Waals surface area contributed by atoms with Crippen molar-refractivity contribution in [2.45, 2.75) is 38.6 Å². The van der Waals surface area contributed by atoms with Gasteiger partial charge in [-0.25, -0.2) is 4.98 Å². The molecule has 1 aliphatic rings. The summed E-state index contributed by atoms with van der Waals surface area (Å²) in [5, 5.41) is 0.620. The Hall–Kier alpha value is -1.27. The second kappa shape index (κ2) is 10.9.